The third kappa shape index (κ3) is 5.67. The van der Waals surface area contributed by atoms with Crippen molar-refractivity contribution in [3.63, 3.8) is 0 Å². The molecule has 0 fully saturated rings. The summed E-state index contributed by atoms with van der Waals surface area (Å²) in [6, 6.07) is 67.4. The van der Waals surface area contributed by atoms with Crippen molar-refractivity contribution in [1.82, 2.24) is 19.9 Å². The molecule has 2 heterocycles. The lowest BCUT2D eigenvalue weighted by atomic mass is 9.93. The topological polar surface area (TPSA) is 51.6 Å². The summed E-state index contributed by atoms with van der Waals surface area (Å²) in [6.07, 6.45) is 0. The molecule has 54 heavy (non-hydrogen) atoms. The first-order chi connectivity index (χ1) is 26.8. The van der Waals surface area contributed by atoms with Crippen molar-refractivity contribution in [3.8, 4) is 67.5 Å². The summed E-state index contributed by atoms with van der Waals surface area (Å²) in [5.41, 5.74) is 12.3. The van der Waals surface area contributed by atoms with Gasteiger partial charge in [0, 0.05) is 33.0 Å². The van der Waals surface area contributed by atoms with Crippen LogP contribution in [0.3, 0.4) is 0 Å². The second kappa shape index (κ2) is 13.4. The maximum atomic E-state index is 5.29. The molecule has 0 unspecified atom stereocenters. The van der Waals surface area contributed by atoms with Gasteiger partial charge in [0.15, 0.2) is 11.6 Å². The molecule has 0 N–H and O–H groups in total. The Balaban J connectivity index is 1.11. The van der Waals surface area contributed by atoms with Crippen LogP contribution in [0.25, 0.3) is 100 Å². The second-order valence-electron chi connectivity index (χ2n) is 13.4. The van der Waals surface area contributed by atoms with Crippen LogP contribution in [0.5, 0.6) is 0 Å². The highest BCUT2D eigenvalue weighted by atomic mass is 14.9. The molecule has 2 aromatic heterocycles. The molecule has 0 aliphatic rings. The van der Waals surface area contributed by atoms with E-state index in [1.54, 1.807) is 0 Å². The SMILES string of the molecule is c1ccc(-c2ccc(-c3nc(-c4ccc(-c5nc(-c6ccc(-c7ccccc7)cc6)nc6ccccc56)c5ccccc45)c4ccccc4n3)cc2)cc1. The number of fused-ring (bicyclic) bond motifs is 3. The fourth-order valence-corrected chi connectivity index (χ4v) is 7.42. The summed E-state index contributed by atoms with van der Waals surface area (Å²) in [4.78, 5) is 20.7. The number of benzene rings is 8. The highest BCUT2D eigenvalue weighted by Gasteiger charge is 2.19. The van der Waals surface area contributed by atoms with Gasteiger partial charge < -0.3 is 0 Å². The van der Waals surface area contributed by atoms with Gasteiger partial charge in [0.1, 0.15) is 0 Å². The van der Waals surface area contributed by atoms with Crippen molar-refractivity contribution in [3.05, 3.63) is 194 Å². The first kappa shape index (κ1) is 31.4. The lowest BCUT2D eigenvalue weighted by molar-refractivity contribution is 1.23. The van der Waals surface area contributed by atoms with Gasteiger partial charge in [0.2, 0.25) is 0 Å². The number of aromatic nitrogens is 4. The molecular weight excluding hydrogens is 657 g/mol. The molecule has 0 aliphatic carbocycles. The molecule has 0 amide bonds. The van der Waals surface area contributed by atoms with Gasteiger partial charge in [-0.2, -0.15) is 0 Å². The quantitative estimate of drug-likeness (QED) is 0.174. The van der Waals surface area contributed by atoms with Crippen LogP contribution in [0.4, 0.5) is 0 Å². The molecule has 8 aromatic carbocycles. The standard InChI is InChI=1S/C50H32N4/c1-3-13-33(14-4-1)35-23-27-37(28-24-35)49-51-45-21-11-9-19-43(45)47(53-49)41-31-32-42(40-18-8-7-17-39(40)41)48-44-20-10-12-22-46(44)52-50(54-48)38-29-25-36(26-30-38)34-15-5-2-6-16-34/h1-32H. The highest BCUT2D eigenvalue weighted by molar-refractivity contribution is 6.10. The maximum absolute atomic E-state index is 5.29. The summed E-state index contributed by atoms with van der Waals surface area (Å²) >= 11 is 0. The Hall–Kier alpha value is -7.30. The van der Waals surface area contributed by atoms with Gasteiger partial charge in [0.25, 0.3) is 0 Å². The van der Waals surface area contributed by atoms with Crippen molar-refractivity contribution >= 4 is 32.6 Å². The van der Waals surface area contributed by atoms with Crippen molar-refractivity contribution in [2.75, 3.05) is 0 Å². The monoisotopic (exact) mass is 688 g/mol. The predicted octanol–water partition coefficient (Wildman–Crippen LogP) is 12.7. The summed E-state index contributed by atoms with van der Waals surface area (Å²) in [5.74, 6) is 1.39. The molecule has 0 saturated heterocycles. The van der Waals surface area contributed by atoms with Crippen LogP contribution in [0, 0.1) is 0 Å². The Morgan fingerprint density at radius 2 is 0.537 bits per heavy atom. The number of hydrogen-bond donors (Lipinski definition) is 0. The van der Waals surface area contributed by atoms with E-state index < -0.39 is 0 Å². The first-order valence-corrected chi connectivity index (χ1v) is 18.1. The van der Waals surface area contributed by atoms with Gasteiger partial charge >= 0.3 is 0 Å². The maximum Gasteiger partial charge on any atom is 0.160 e. The Bertz CT molecular complexity index is 2750. The third-order valence-electron chi connectivity index (χ3n) is 10.1. The van der Waals surface area contributed by atoms with Crippen molar-refractivity contribution in [2.45, 2.75) is 0 Å². The average Bonchev–Trinajstić information content (AvgIpc) is 3.26. The summed E-state index contributed by atoms with van der Waals surface area (Å²) < 4.78 is 0. The van der Waals surface area contributed by atoms with Crippen LogP contribution in [0.1, 0.15) is 0 Å². The molecule has 4 heteroatoms. The number of hydrogen-bond acceptors (Lipinski definition) is 4. The van der Waals surface area contributed by atoms with Gasteiger partial charge in [0.05, 0.1) is 22.4 Å². The van der Waals surface area contributed by atoms with Gasteiger partial charge in [-0.1, -0.05) is 182 Å². The fraction of sp³-hybridized carbons (Fsp3) is 0. The van der Waals surface area contributed by atoms with E-state index in [0.717, 1.165) is 77.3 Å². The molecule has 0 bridgehead atoms. The van der Waals surface area contributed by atoms with Crippen molar-refractivity contribution < 1.29 is 0 Å². The number of para-hydroxylation sites is 2. The van der Waals surface area contributed by atoms with Gasteiger partial charge in [-0.3, -0.25) is 0 Å². The smallest absolute Gasteiger partial charge is 0.160 e. The summed E-state index contributed by atoms with van der Waals surface area (Å²) in [5, 5.41) is 4.21. The van der Waals surface area contributed by atoms with E-state index in [1.807, 2.05) is 24.3 Å². The first-order valence-electron chi connectivity index (χ1n) is 18.1. The van der Waals surface area contributed by atoms with Crippen LogP contribution < -0.4 is 0 Å². The molecule has 0 spiro atoms. The van der Waals surface area contributed by atoms with E-state index in [0.29, 0.717) is 11.6 Å². The third-order valence-corrected chi connectivity index (χ3v) is 10.1. The Morgan fingerprint density at radius 1 is 0.222 bits per heavy atom. The van der Waals surface area contributed by atoms with E-state index in [2.05, 4.69) is 170 Å². The minimum absolute atomic E-state index is 0.696. The van der Waals surface area contributed by atoms with Gasteiger partial charge in [-0.05, 0) is 45.2 Å². The van der Waals surface area contributed by atoms with Crippen molar-refractivity contribution in [1.29, 1.82) is 0 Å². The van der Waals surface area contributed by atoms with Crippen LogP contribution in [-0.2, 0) is 0 Å². The predicted molar refractivity (Wildman–Crippen MR) is 223 cm³/mol. The second-order valence-corrected chi connectivity index (χ2v) is 13.4. The minimum atomic E-state index is 0.696. The van der Waals surface area contributed by atoms with Gasteiger partial charge in [-0.25, -0.2) is 19.9 Å². The molecule has 0 aliphatic heterocycles. The zero-order valence-electron chi connectivity index (χ0n) is 29.3. The molecule has 4 nitrogen and oxygen atoms in total. The van der Waals surface area contributed by atoms with Crippen LogP contribution in [0.2, 0.25) is 0 Å². The Morgan fingerprint density at radius 3 is 0.944 bits per heavy atom. The van der Waals surface area contributed by atoms with E-state index in [-0.39, 0.29) is 0 Å². The van der Waals surface area contributed by atoms with Crippen molar-refractivity contribution in [2.24, 2.45) is 0 Å². The van der Waals surface area contributed by atoms with Crippen LogP contribution in [0.15, 0.2) is 194 Å². The fourth-order valence-electron chi connectivity index (χ4n) is 7.42. The zero-order chi connectivity index (χ0) is 35.8. The summed E-state index contributed by atoms with van der Waals surface area (Å²) in [6.45, 7) is 0. The normalized spacial score (nSPS) is 11.3. The molecular formula is C50H32N4. The lowest BCUT2D eigenvalue weighted by Gasteiger charge is -2.15. The Labute approximate surface area is 313 Å². The van der Waals surface area contributed by atoms with E-state index in [1.165, 1.54) is 11.1 Å². The minimum Gasteiger partial charge on any atom is -0.228 e. The van der Waals surface area contributed by atoms with Crippen LogP contribution >= 0.6 is 0 Å². The van der Waals surface area contributed by atoms with E-state index >= 15 is 0 Å². The molecule has 252 valence electrons. The molecule has 0 atom stereocenters. The zero-order valence-corrected chi connectivity index (χ0v) is 29.3. The van der Waals surface area contributed by atoms with Crippen LogP contribution in [-0.4, -0.2) is 19.9 Å². The molecule has 10 aromatic rings. The largest absolute Gasteiger partial charge is 0.228 e. The molecule has 0 radical (unpaired) electrons. The average molecular weight is 689 g/mol. The van der Waals surface area contributed by atoms with E-state index in [4.69, 9.17) is 19.9 Å². The molecule has 0 saturated carbocycles. The number of rotatable bonds is 6. The number of nitrogens with zero attached hydrogens (tertiary/aromatic N) is 4. The summed E-state index contributed by atoms with van der Waals surface area (Å²) in [7, 11) is 0. The Kier molecular flexibility index (Phi) is 7.77. The highest BCUT2D eigenvalue weighted by Crippen LogP contribution is 2.40. The lowest BCUT2D eigenvalue weighted by Crippen LogP contribution is -1.98. The van der Waals surface area contributed by atoms with E-state index in [9.17, 15) is 0 Å². The van der Waals surface area contributed by atoms with Gasteiger partial charge in [-0.15, -0.1) is 0 Å². The molecule has 10 rings (SSSR count).